The molecule has 0 amide bonds. The van der Waals surface area contributed by atoms with Gasteiger partial charge in [0, 0.05) is 18.6 Å². The smallest absolute Gasteiger partial charge is 0.142 e. The van der Waals surface area contributed by atoms with Gasteiger partial charge in [0.05, 0.1) is 0 Å². The normalized spacial score (nSPS) is 18.9. The van der Waals surface area contributed by atoms with E-state index in [1.54, 1.807) is 6.07 Å². The van der Waals surface area contributed by atoms with Gasteiger partial charge in [-0.15, -0.1) is 0 Å². The van der Waals surface area contributed by atoms with Gasteiger partial charge in [0.25, 0.3) is 0 Å². The molecule has 1 atom stereocenters. The van der Waals surface area contributed by atoms with Crippen molar-refractivity contribution in [2.45, 2.75) is 38.8 Å². The third-order valence-electron chi connectivity index (χ3n) is 3.35. The van der Waals surface area contributed by atoms with Crippen molar-refractivity contribution in [3.8, 4) is 6.07 Å². The molecule has 1 aliphatic rings. The second-order valence-corrected chi connectivity index (χ2v) is 5.03. The van der Waals surface area contributed by atoms with Crippen LogP contribution in [0, 0.1) is 11.3 Å². The van der Waals surface area contributed by atoms with Crippen LogP contribution in [0.1, 0.15) is 32.4 Å². The summed E-state index contributed by atoms with van der Waals surface area (Å²) in [5.41, 5.74) is 0.484. The summed E-state index contributed by atoms with van der Waals surface area (Å²) in [7, 11) is 0. The van der Waals surface area contributed by atoms with Gasteiger partial charge in [-0.05, 0) is 45.4 Å². The van der Waals surface area contributed by atoms with E-state index in [1.165, 1.54) is 12.8 Å². The fraction of sp³-hybridized carbons (Fsp3) is 0.571. The Hall–Kier alpha value is -1.60. The molecule has 0 aromatic carbocycles. The van der Waals surface area contributed by atoms with Crippen molar-refractivity contribution >= 4 is 5.82 Å². The summed E-state index contributed by atoms with van der Waals surface area (Å²) in [6.45, 7) is 6.40. The predicted molar refractivity (Wildman–Crippen MR) is 72.5 cm³/mol. The van der Waals surface area contributed by atoms with Crippen molar-refractivity contribution in [1.82, 2.24) is 10.3 Å². The lowest BCUT2D eigenvalue weighted by Crippen LogP contribution is -2.41. The maximum Gasteiger partial charge on any atom is 0.142 e. The fourth-order valence-electron chi connectivity index (χ4n) is 2.36. The number of anilines is 1. The molecule has 4 heteroatoms. The molecule has 1 aliphatic heterocycles. The summed E-state index contributed by atoms with van der Waals surface area (Å²) in [5, 5.41) is 12.4. The quantitative estimate of drug-likeness (QED) is 0.879. The first-order valence-corrected chi connectivity index (χ1v) is 6.58. The Morgan fingerprint density at radius 2 is 2.39 bits per heavy atom. The van der Waals surface area contributed by atoms with Gasteiger partial charge in [-0.3, -0.25) is 0 Å². The lowest BCUT2D eigenvalue weighted by atomic mass is 10.2. The van der Waals surface area contributed by atoms with Gasteiger partial charge >= 0.3 is 0 Å². The van der Waals surface area contributed by atoms with Crippen molar-refractivity contribution in [3.05, 3.63) is 23.9 Å². The van der Waals surface area contributed by atoms with Crippen LogP contribution in [0.4, 0.5) is 5.82 Å². The van der Waals surface area contributed by atoms with Gasteiger partial charge in [-0.2, -0.15) is 5.26 Å². The Balaban J connectivity index is 2.15. The highest BCUT2D eigenvalue weighted by molar-refractivity contribution is 5.42. The number of nitrogens with zero attached hydrogens (tertiary/aromatic N) is 3. The Kier molecular flexibility index (Phi) is 4.16. The lowest BCUT2D eigenvalue weighted by Gasteiger charge is -2.30. The Labute approximate surface area is 109 Å². The second kappa shape index (κ2) is 5.83. The number of aromatic nitrogens is 1. The fourth-order valence-corrected chi connectivity index (χ4v) is 2.36. The summed E-state index contributed by atoms with van der Waals surface area (Å²) in [5.74, 6) is 0.901. The van der Waals surface area contributed by atoms with E-state index in [0.29, 0.717) is 17.8 Å². The van der Waals surface area contributed by atoms with E-state index < -0.39 is 0 Å². The third kappa shape index (κ3) is 2.99. The van der Waals surface area contributed by atoms with Gasteiger partial charge in [-0.1, -0.05) is 6.07 Å². The maximum absolute atomic E-state index is 8.92. The molecule has 1 aromatic heterocycles. The van der Waals surface area contributed by atoms with E-state index in [-0.39, 0.29) is 0 Å². The van der Waals surface area contributed by atoms with Gasteiger partial charge in [0.2, 0.25) is 0 Å². The molecule has 1 saturated heterocycles. The minimum absolute atomic E-state index is 0.383. The van der Waals surface area contributed by atoms with Crippen LogP contribution in [0.3, 0.4) is 0 Å². The highest BCUT2D eigenvalue weighted by atomic mass is 15.2. The molecule has 0 saturated carbocycles. The number of nitrogens with one attached hydrogen (secondary N) is 1. The maximum atomic E-state index is 8.92. The molecular formula is C14H20N4. The van der Waals surface area contributed by atoms with E-state index in [4.69, 9.17) is 5.26 Å². The second-order valence-electron chi connectivity index (χ2n) is 5.03. The lowest BCUT2D eigenvalue weighted by molar-refractivity contribution is 0.549. The average molecular weight is 244 g/mol. The van der Waals surface area contributed by atoms with Crippen LogP contribution in [0.5, 0.6) is 0 Å². The zero-order chi connectivity index (χ0) is 13.0. The van der Waals surface area contributed by atoms with Crippen LogP contribution in [0.15, 0.2) is 18.2 Å². The minimum atomic E-state index is 0.383. The average Bonchev–Trinajstić information content (AvgIpc) is 2.88. The third-order valence-corrected chi connectivity index (χ3v) is 3.35. The standard InChI is InChI=1S/C14H20N4/c1-11(2)18(10-13-6-4-8-16-13)14-7-3-5-12(9-15)17-14/h3,5,7,11,13,16H,4,6,8,10H2,1-2H3. The van der Waals surface area contributed by atoms with Gasteiger partial charge in [-0.25, -0.2) is 4.98 Å². The number of nitriles is 1. The summed E-state index contributed by atoms with van der Waals surface area (Å²) < 4.78 is 0. The van der Waals surface area contributed by atoms with Crippen molar-refractivity contribution < 1.29 is 0 Å². The van der Waals surface area contributed by atoms with Gasteiger partial charge < -0.3 is 10.2 Å². The molecule has 0 spiro atoms. The predicted octanol–water partition coefficient (Wildman–Crippen LogP) is 1.92. The van der Waals surface area contributed by atoms with Crippen LogP contribution < -0.4 is 10.2 Å². The molecule has 1 aromatic rings. The Bertz CT molecular complexity index is 430. The van der Waals surface area contributed by atoms with Crippen molar-refractivity contribution in [1.29, 1.82) is 5.26 Å². The highest BCUT2D eigenvalue weighted by Gasteiger charge is 2.20. The van der Waals surface area contributed by atoms with E-state index in [1.807, 2.05) is 12.1 Å². The highest BCUT2D eigenvalue weighted by Crippen LogP contribution is 2.17. The molecule has 0 aliphatic carbocycles. The molecule has 96 valence electrons. The molecule has 2 rings (SSSR count). The summed E-state index contributed by atoms with van der Waals surface area (Å²) in [6, 6.07) is 8.66. The van der Waals surface area contributed by atoms with Crippen molar-refractivity contribution in [2.75, 3.05) is 18.0 Å². The zero-order valence-electron chi connectivity index (χ0n) is 11.1. The summed E-state index contributed by atoms with van der Waals surface area (Å²) >= 11 is 0. The summed E-state index contributed by atoms with van der Waals surface area (Å²) in [4.78, 5) is 6.66. The molecule has 0 radical (unpaired) electrons. The Morgan fingerprint density at radius 1 is 1.56 bits per heavy atom. The first-order chi connectivity index (χ1) is 8.70. The van der Waals surface area contributed by atoms with Crippen LogP contribution in [-0.4, -0.2) is 30.2 Å². The molecule has 1 fully saturated rings. The van der Waals surface area contributed by atoms with E-state index in [9.17, 15) is 0 Å². The number of hydrogen-bond donors (Lipinski definition) is 1. The molecular weight excluding hydrogens is 224 g/mol. The van der Waals surface area contributed by atoms with Crippen molar-refractivity contribution in [2.24, 2.45) is 0 Å². The first-order valence-electron chi connectivity index (χ1n) is 6.58. The van der Waals surface area contributed by atoms with Crippen LogP contribution in [0.25, 0.3) is 0 Å². The molecule has 2 heterocycles. The number of hydrogen-bond acceptors (Lipinski definition) is 4. The first kappa shape index (κ1) is 12.8. The van der Waals surface area contributed by atoms with E-state index >= 15 is 0 Å². The number of rotatable bonds is 4. The van der Waals surface area contributed by atoms with Crippen LogP contribution in [-0.2, 0) is 0 Å². The molecule has 1 unspecified atom stereocenters. The number of pyridine rings is 1. The van der Waals surface area contributed by atoms with Crippen LogP contribution in [0.2, 0.25) is 0 Å². The van der Waals surface area contributed by atoms with Crippen molar-refractivity contribution in [3.63, 3.8) is 0 Å². The molecule has 18 heavy (non-hydrogen) atoms. The zero-order valence-corrected chi connectivity index (χ0v) is 11.1. The molecule has 4 nitrogen and oxygen atoms in total. The largest absolute Gasteiger partial charge is 0.353 e. The van der Waals surface area contributed by atoms with Gasteiger partial charge in [0.15, 0.2) is 0 Å². The minimum Gasteiger partial charge on any atom is -0.353 e. The summed E-state index contributed by atoms with van der Waals surface area (Å²) in [6.07, 6.45) is 2.48. The van der Waals surface area contributed by atoms with Crippen LogP contribution >= 0.6 is 0 Å². The molecule has 0 bridgehead atoms. The Morgan fingerprint density at radius 3 is 3.00 bits per heavy atom. The topological polar surface area (TPSA) is 52.0 Å². The van der Waals surface area contributed by atoms with Gasteiger partial charge in [0.1, 0.15) is 17.6 Å². The monoisotopic (exact) mass is 244 g/mol. The SMILES string of the molecule is CC(C)N(CC1CCCN1)c1cccc(C#N)n1. The van der Waals surface area contributed by atoms with E-state index in [2.05, 4.69) is 35.1 Å². The molecule has 1 N–H and O–H groups in total. The van der Waals surface area contributed by atoms with E-state index in [0.717, 1.165) is 18.9 Å².